The zero-order chi connectivity index (χ0) is 32.1. The Morgan fingerprint density at radius 3 is 1.22 bits per heavy atom. The fourth-order valence-electron chi connectivity index (χ4n) is 3.83. The van der Waals surface area contributed by atoms with Crippen LogP contribution in [0.5, 0.6) is 0 Å². The van der Waals surface area contributed by atoms with Crippen LogP contribution in [0.2, 0.25) is 0 Å². The highest BCUT2D eigenvalue weighted by Crippen LogP contribution is 2.24. The number of carbonyl (C=O) groups is 4. The Morgan fingerprint density at radius 2 is 0.867 bits per heavy atom. The monoisotopic (exact) mass is 630 g/mol. The van der Waals surface area contributed by atoms with Crippen LogP contribution in [0.25, 0.3) is 0 Å². The molecule has 0 fully saturated rings. The van der Waals surface area contributed by atoms with Gasteiger partial charge >= 0.3 is 12.2 Å². The molecule has 4 aromatic carbocycles. The minimum absolute atomic E-state index is 0.0156. The minimum atomic E-state index is -3.90. The summed E-state index contributed by atoms with van der Waals surface area (Å²) in [5, 5.41) is 9.84. The molecule has 12 nitrogen and oxygen atoms in total. The summed E-state index contributed by atoms with van der Waals surface area (Å²) in [5.74, 6) is -1.06. The minimum Gasteiger partial charge on any atom is -0.445 e. The molecule has 0 saturated heterocycles. The van der Waals surface area contributed by atoms with Gasteiger partial charge in [-0.1, -0.05) is 60.7 Å². The van der Waals surface area contributed by atoms with Crippen LogP contribution in [0, 0.1) is 0 Å². The lowest BCUT2D eigenvalue weighted by Gasteiger charge is -2.10. The molecule has 0 aliphatic rings. The molecule has 0 unspecified atom stereocenters. The third-order valence-corrected chi connectivity index (χ3v) is 7.89. The lowest BCUT2D eigenvalue weighted by molar-refractivity contribution is -0.116. The largest absolute Gasteiger partial charge is 0.445 e. The van der Waals surface area contributed by atoms with E-state index in [0.717, 1.165) is 11.1 Å². The van der Waals surface area contributed by atoms with Gasteiger partial charge in [0.2, 0.25) is 21.7 Å². The van der Waals surface area contributed by atoms with Crippen LogP contribution >= 0.6 is 0 Å². The fraction of sp³-hybridized carbons (Fsp3) is 0.125. The van der Waals surface area contributed by atoms with E-state index in [1.807, 2.05) is 36.4 Å². The molecular formula is C32H30N4O8S. The van der Waals surface area contributed by atoms with Crippen molar-refractivity contribution in [3.63, 3.8) is 0 Å². The normalized spacial score (nSPS) is 10.7. The predicted octanol–water partition coefficient (Wildman–Crippen LogP) is 4.25. The van der Waals surface area contributed by atoms with Gasteiger partial charge in [-0.25, -0.2) is 18.0 Å². The number of amides is 4. The van der Waals surface area contributed by atoms with Crippen molar-refractivity contribution < 1.29 is 37.1 Å². The summed E-state index contributed by atoms with van der Waals surface area (Å²) in [5.41, 5.74) is 2.26. The van der Waals surface area contributed by atoms with E-state index < -0.39 is 33.8 Å². The molecule has 4 rings (SSSR count). The number of hydrogen-bond donors (Lipinski definition) is 4. The first-order chi connectivity index (χ1) is 21.7. The van der Waals surface area contributed by atoms with Crippen LogP contribution in [-0.4, -0.2) is 45.5 Å². The molecule has 4 N–H and O–H groups in total. The van der Waals surface area contributed by atoms with Crippen molar-refractivity contribution in [3.8, 4) is 0 Å². The van der Waals surface area contributed by atoms with E-state index in [-0.39, 0.29) is 36.1 Å². The molecule has 0 atom stereocenters. The second-order valence-corrected chi connectivity index (χ2v) is 11.4. The number of nitrogens with one attached hydrogen (secondary N) is 4. The summed E-state index contributed by atoms with van der Waals surface area (Å²) in [7, 11) is -3.90. The van der Waals surface area contributed by atoms with Gasteiger partial charge < -0.3 is 30.7 Å². The van der Waals surface area contributed by atoms with Crippen LogP contribution < -0.4 is 21.3 Å². The fourth-order valence-corrected chi connectivity index (χ4v) is 5.10. The average Bonchev–Trinajstić information content (AvgIpc) is 3.06. The first-order valence-electron chi connectivity index (χ1n) is 13.6. The predicted molar refractivity (Wildman–Crippen MR) is 165 cm³/mol. The van der Waals surface area contributed by atoms with Gasteiger partial charge in [0, 0.05) is 11.4 Å². The number of ether oxygens (including phenoxy) is 2. The number of alkyl carbamates (subject to hydrolysis) is 2. The van der Waals surface area contributed by atoms with E-state index in [9.17, 15) is 27.6 Å². The van der Waals surface area contributed by atoms with Crippen molar-refractivity contribution in [1.82, 2.24) is 10.6 Å². The SMILES string of the molecule is O=C(CNC(=O)OCc1ccccc1)Nc1ccc(S(=O)(=O)c2ccc(NC(=O)CNC(=O)OCc3ccccc3)cc2)cc1. The Kier molecular flexibility index (Phi) is 11.2. The van der Waals surface area contributed by atoms with Gasteiger partial charge in [-0.2, -0.15) is 0 Å². The molecule has 232 valence electrons. The molecule has 0 aliphatic heterocycles. The molecule has 4 amide bonds. The highest BCUT2D eigenvalue weighted by Gasteiger charge is 2.18. The Labute approximate surface area is 259 Å². The second-order valence-electron chi connectivity index (χ2n) is 9.48. The molecule has 0 aromatic heterocycles. The van der Waals surface area contributed by atoms with Crippen molar-refractivity contribution in [1.29, 1.82) is 0 Å². The third kappa shape index (κ3) is 10.2. The van der Waals surface area contributed by atoms with E-state index in [1.165, 1.54) is 48.5 Å². The molecule has 4 aromatic rings. The molecule has 0 spiro atoms. The van der Waals surface area contributed by atoms with Crippen LogP contribution in [0.3, 0.4) is 0 Å². The van der Waals surface area contributed by atoms with Gasteiger partial charge in [0.15, 0.2) is 0 Å². The van der Waals surface area contributed by atoms with Crippen LogP contribution in [0.15, 0.2) is 119 Å². The lowest BCUT2D eigenvalue weighted by atomic mass is 10.2. The quantitative estimate of drug-likeness (QED) is 0.180. The maximum absolute atomic E-state index is 13.1. The number of sulfone groups is 1. The number of rotatable bonds is 12. The van der Waals surface area contributed by atoms with Gasteiger partial charge in [0.25, 0.3) is 0 Å². The molecule has 0 saturated carbocycles. The Bertz CT molecular complexity index is 1590. The van der Waals surface area contributed by atoms with Gasteiger partial charge in [0.1, 0.15) is 26.3 Å². The van der Waals surface area contributed by atoms with E-state index in [4.69, 9.17) is 9.47 Å². The maximum atomic E-state index is 13.1. The second kappa shape index (κ2) is 15.7. The van der Waals surface area contributed by atoms with Crippen molar-refractivity contribution in [2.75, 3.05) is 23.7 Å². The molecular weight excluding hydrogens is 600 g/mol. The molecule has 0 aliphatic carbocycles. The van der Waals surface area contributed by atoms with Gasteiger partial charge in [-0.05, 0) is 59.7 Å². The number of benzene rings is 4. The molecule has 13 heteroatoms. The van der Waals surface area contributed by atoms with E-state index in [0.29, 0.717) is 11.4 Å². The van der Waals surface area contributed by atoms with Crippen LogP contribution in [0.1, 0.15) is 11.1 Å². The third-order valence-electron chi connectivity index (χ3n) is 6.11. The Morgan fingerprint density at radius 1 is 0.511 bits per heavy atom. The molecule has 0 radical (unpaired) electrons. The number of anilines is 2. The summed E-state index contributed by atoms with van der Waals surface area (Å²) < 4.78 is 36.3. The summed E-state index contributed by atoms with van der Waals surface area (Å²) in [4.78, 5) is 48.0. The van der Waals surface area contributed by atoms with E-state index in [1.54, 1.807) is 24.3 Å². The highest BCUT2D eigenvalue weighted by molar-refractivity contribution is 7.91. The summed E-state index contributed by atoms with van der Waals surface area (Å²) in [6.45, 7) is -0.560. The molecule has 0 bridgehead atoms. The Hall–Kier alpha value is -5.69. The van der Waals surface area contributed by atoms with E-state index >= 15 is 0 Å². The Balaban J connectivity index is 1.20. The van der Waals surface area contributed by atoms with Crippen molar-refractivity contribution >= 4 is 45.2 Å². The van der Waals surface area contributed by atoms with Crippen molar-refractivity contribution in [3.05, 3.63) is 120 Å². The molecule has 45 heavy (non-hydrogen) atoms. The number of carbonyl (C=O) groups excluding carboxylic acids is 4. The van der Waals surface area contributed by atoms with Crippen LogP contribution in [0.4, 0.5) is 21.0 Å². The summed E-state index contributed by atoms with van der Waals surface area (Å²) >= 11 is 0. The topological polar surface area (TPSA) is 169 Å². The van der Waals surface area contributed by atoms with Crippen LogP contribution in [-0.2, 0) is 42.1 Å². The molecule has 0 heterocycles. The first kappa shape index (κ1) is 32.2. The van der Waals surface area contributed by atoms with Gasteiger partial charge in [-0.15, -0.1) is 0 Å². The summed E-state index contributed by atoms with van der Waals surface area (Å²) in [6.07, 6.45) is -1.51. The van der Waals surface area contributed by atoms with Crippen molar-refractivity contribution in [2.45, 2.75) is 23.0 Å². The van der Waals surface area contributed by atoms with E-state index in [2.05, 4.69) is 21.3 Å². The zero-order valence-corrected chi connectivity index (χ0v) is 24.7. The summed E-state index contributed by atoms with van der Waals surface area (Å²) in [6, 6.07) is 29.2. The maximum Gasteiger partial charge on any atom is 0.407 e. The standard InChI is InChI=1S/C32H30N4O8S/c37-29(19-33-31(39)43-21-23-7-3-1-4-8-23)35-25-11-15-27(16-12-25)45(41,42)28-17-13-26(14-18-28)36-30(38)20-34-32(40)44-22-24-9-5-2-6-10-24/h1-18H,19-22H2,(H,33,39)(H,34,40)(H,35,37)(H,36,38). The van der Waals surface area contributed by atoms with Gasteiger partial charge in [-0.3, -0.25) is 9.59 Å². The average molecular weight is 631 g/mol. The van der Waals surface area contributed by atoms with Gasteiger partial charge in [0.05, 0.1) is 9.79 Å². The lowest BCUT2D eigenvalue weighted by Crippen LogP contribution is -2.33. The zero-order valence-electron chi connectivity index (χ0n) is 23.9. The number of hydrogen-bond acceptors (Lipinski definition) is 8. The smallest absolute Gasteiger partial charge is 0.407 e. The highest BCUT2D eigenvalue weighted by atomic mass is 32.2. The first-order valence-corrected chi connectivity index (χ1v) is 15.1. The van der Waals surface area contributed by atoms with Crippen molar-refractivity contribution in [2.24, 2.45) is 0 Å².